The molecule has 0 saturated carbocycles. The molecule has 1 aliphatic heterocycles. The van der Waals surface area contributed by atoms with Crippen LogP contribution in [0.1, 0.15) is 49.2 Å². The molecule has 1 aliphatic rings. The summed E-state index contributed by atoms with van der Waals surface area (Å²) in [6.07, 6.45) is 0.457. The molecule has 0 spiro atoms. The maximum Gasteiger partial charge on any atom is 0.258 e. The smallest absolute Gasteiger partial charge is 0.258 e. The zero-order valence-corrected chi connectivity index (χ0v) is 17.1. The molecule has 1 amide bonds. The van der Waals surface area contributed by atoms with Crippen molar-refractivity contribution in [3.8, 4) is 17.2 Å². The Bertz CT molecular complexity index is 860. The van der Waals surface area contributed by atoms with Crippen molar-refractivity contribution in [2.45, 2.75) is 33.2 Å². The van der Waals surface area contributed by atoms with E-state index in [0.717, 1.165) is 11.3 Å². The van der Waals surface area contributed by atoms with E-state index in [4.69, 9.17) is 14.2 Å². The Morgan fingerprint density at radius 2 is 1.72 bits per heavy atom. The van der Waals surface area contributed by atoms with Crippen LogP contribution in [-0.4, -0.2) is 31.5 Å². The molecule has 0 bridgehead atoms. The van der Waals surface area contributed by atoms with Gasteiger partial charge >= 0.3 is 0 Å². The van der Waals surface area contributed by atoms with Crippen molar-refractivity contribution >= 4 is 11.7 Å². The van der Waals surface area contributed by atoms with Gasteiger partial charge in [-0.3, -0.25) is 9.59 Å². The second-order valence-electron chi connectivity index (χ2n) is 7.28. The summed E-state index contributed by atoms with van der Waals surface area (Å²) >= 11 is 0. The highest BCUT2D eigenvalue weighted by molar-refractivity contribution is 5.95. The molecule has 0 unspecified atom stereocenters. The van der Waals surface area contributed by atoms with Crippen LogP contribution in [0.5, 0.6) is 17.2 Å². The van der Waals surface area contributed by atoms with Crippen LogP contribution in [-0.2, 0) is 4.79 Å². The minimum Gasteiger partial charge on any atom is -0.486 e. The van der Waals surface area contributed by atoms with E-state index in [2.05, 4.69) is 5.32 Å². The fourth-order valence-corrected chi connectivity index (χ4v) is 3.19. The summed E-state index contributed by atoms with van der Waals surface area (Å²) in [6.45, 7) is 6.88. The van der Waals surface area contributed by atoms with Crippen LogP contribution >= 0.6 is 0 Å². The first kappa shape index (κ1) is 20.7. The predicted molar refractivity (Wildman–Crippen MR) is 110 cm³/mol. The SMILES string of the molecule is CCC(=O)c1ccc(OCC(=O)N[C@H](c2ccc3c(c2)OCCO3)C(C)C)cc1. The van der Waals surface area contributed by atoms with Gasteiger partial charge in [-0.2, -0.15) is 0 Å². The zero-order valence-electron chi connectivity index (χ0n) is 17.1. The summed E-state index contributed by atoms with van der Waals surface area (Å²) in [6, 6.07) is 12.4. The Balaban J connectivity index is 1.60. The van der Waals surface area contributed by atoms with Crippen molar-refractivity contribution in [3.63, 3.8) is 0 Å². The van der Waals surface area contributed by atoms with Gasteiger partial charge in [0.1, 0.15) is 19.0 Å². The summed E-state index contributed by atoms with van der Waals surface area (Å²) in [5, 5.41) is 3.03. The Labute approximate surface area is 171 Å². The van der Waals surface area contributed by atoms with Gasteiger partial charge in [0.15, 0.2) is 23.9 Å². The number of benzene rings is 2. The predicted octanol–water partition coefficient (Wildman–Crippen LogP) is 3.94. The molecule has 0 saturated heterocycles. The largest absolute Gasteiger partial charge is 0.486 e. The minimum absolute atomic E-state index is 0.0773. The van der Waals surface area contributed by atoms with E-state index in [0.29, 0.717) is 36.7 Å². The van der Waals surface area contributed by atoms with E-state index in [1.54, 1.807) is 24.3 Å². The van der Waals surface area contributed by atoms with Crippen LogP contribution in [0.25, 0.3) is 0 Å². The number of hydrogen-bond donors (Lipinski definition) is 1. The molecule has 0 fully saturated rings. The summed E-state index contributed by atoms with van der Waals surface area (Å²) < 4.78 is 16.8. The number of rotatable bonds is 8. The normalized spacial score (nSPS) is 13.7. The zero-order chi connectivity index (χ0) is 20.8. The third-order valence-corrected chi connectivity index (χ3v) is 4.78. The van der Waals surface area contributed by atoms with Gasteiger partial charge in [0, 0.05) is 12.0 Å². The lowest BCUT2D eigenvalue weighted by Crippen LogP contribution is -2.35. The van der Waals surface area contributed by atoms with Gasteiger partial charge in [0.25, 0.3) is 5.91 Å². The van der Waals surface area contributed by atoms with Crippen molar-refractivity contribution in [2.24, 2.45) is 5.92 Å². The highest BCUT2D eigenvalue weighted by Gasteiger charge is 2.21. The number of ketones is 1. The fraction of sp³-hybridized carbons (Fsp3) is 0.391. The first-order valence-electron chi connectivity index (χ1n) is 9.93. The van der Waals surface area contributed by atoms with Crippen molar-refractivity contribution in [2.75, 3.05) is 19.8 Å². The summed E-state index contributed by atoms with van der Waals surface area (Å²) in [7, 11) is 0. The second kappa shape index (κ2) is 9.45. The summed E-state index contributed by atoms with van der Waals surface area (Å²) in [4.78, 5) is 24.1. The minimum atomic E-state index is -0.215. The topological polar surface area (TPSA) is 73.9 Å². The second-order valence-corrected chi connectivity index (χ2v) is 7.28. The third-order valence-electron chi connectivity index (χ3n) is 4.78. The maximum absolute atomic E-state index is 12.5. The number of ether oxygens (including phenoxy) is 3. The van der Waals surface area contributed by atoms with E-state index in [-0.39, 0.29) is 30.3 Å². The highest BCUT2D eigenvalue weighted by atomic mass is 16.6. The molecule has 1 N–H and O–H groups in total. The average molecular weight is 397 g/mol. The van der Waals surface area contributed by atoms with Gasteiger partial charge in [-0.15, -0.1) is 0 Å². The van der Waals surface area contributed by atoms with Gasteiger partial charge in [-0.1, -0.05) is 26.8 Å². The van der Waals surface area contributed by atoms with Crippen LogP contribution in [0, 0.1) is 5.92 Å². The van der Waals surface area contributed by atoms with Gasteiger partial charge < -0.3 is 19.5 Å². The number of Topliss-reactive ketones (excluding diaryl/α,β-unsaturated/α-hetero) is 1. The number of carbonyl (C=O) groups excluding carboxylic acids is 2. The van der Waals surface area contributed by atoms with E-state index < -0.39 is 0 Å². The molecule has 0 radical (unpaired) electrons. The summed E-state index contributed by atoms with van der Waals surface area (Å²) in [5.74, 6) is 2.02. The molecule has 2 aromatic carbocycles. The number of nitrogens with one attached hydrogen (secondary N) is 1. The molecule has 3 rings (SSSR count). The molecular formula is C23H27NO5. The van der Waals surface area contributed by atoms with Crippen molar-refractivity contribution in [3.05, 3.63) is 53.6 Å². The Hall–Kier alpha value is -3.02. The fourth-order valence-electron chi connectivity index (χ4n) is 3.19. The Morgan fingerprint density at radius 3 is 2.38 bits per heavy atom. The highest BCUT2D eigenvalue weighted by Crippen LogP contribution is 2.34. The number of fused-ring (bicyclic) bond motifs is 1. The first-order chi connectivity index (χ1) is 14.0. The van der Waals surface area contributed by atoms with Crippen LogP contribution in [0.4, 0.5) is 0 Å². The quantitative estimate of drug-likeness (QED) is 0.683. The molecule has 0 aromatic heterocycles. The van der Waals surface area contributed by atoms with Crippen molar-refractivity contribution < 1.29 is 23.8 Å². The van der Waals surface area contributed by atoms with Gasteiger partial charge in [0.2, 0.25) is 0 Å². The lowest BCUT2D eigenvalue weighted by atomic mass is 9.95. The molecule has 6 heteroatoms. The molecule has 6 nitrogen and oxygen atoms in total. The molecule has 2 aromatic rings. The van der Waals surface area contributed by atoms with Crippen LogP contribution in [0.2, 0.25) is 0 Å². The monoisotopic (exact) mass is 397 g/mol. The van der Waals surface area contributed by atoms with Crippen LogP contribution < -0.4 is 19.5 Å². The third kappa shape index (κ3) is 5.28. The van der Waals surface area contributed by atoms with Gasteiger partial charge in [0.05, 0.1) is 6.04 Å². The summed E-state index contributed by atoms with van der Waals surface area (Å²) in [5.41, 5.74) is 1.60. The molecular weight excluding hydrogens is 370 g/mol. The number of carbonyl (C=O) groups is 2. The van der Waals surface area contributed by atoms with Crippen LogP contribution in [0.15, 0.2) is 42.5 Å². The Morgan fingerprint density at radius 1 is 1.03 bits per heavy atom. The maximum atomic E-state index is 12.5. The molecule has 1 heterocycles. The van der Waals surface area contributed by atoms with E-state index in [9.17, 15) is 9.59 Å². The molecule has 29 heavy (non-hydrogen) atoms. The average Bonchev–Trinajstić information content (AvgIpc) is 2.75. The molecule has 1 atom stereocenters. The van der Waals surface area contributed by atoms with E-state index in [1.165, 1.54) is 0 Å². The molecule has 154 valence electrons. The number of amides is 1. The standard InChI is InChI=1S/C23H27NO5/c1-4-19(25)16-5-8-18(9-6-16)29-14-22(26)24-23(15(2)3)17-7-10-20-21(13-17)28-12-11-27-20/h5-10,13,15,23H,4,11-12,14H2,1-3H3,(H,24,26)/t23-/m0/s1. The Kier molecular flexibility index (Phi) is 6.75. The van der Waals surface area contributed by atoms with Gasteiger partial charge in [-0.05, 0) is 47.9 Å². The van der Waals surface area contributed by atoms with Crippen molar-refractivity contribution in [1.29, 1.82) is 0 Å². The molecule has 0 aliphatic carbocycles. The lowest BCUT2D eigenvalue weighted by molar-refractivity contribution is -0.124. The van der Waals surface area contributed by atoms with Crippen molar-refractivity contribution in [1.82, 2.24) is 5.32 Å². The number of hydrogen-bond acceptors (Lipinski definition) is 5. The first-order valence-corrected chi connectivity index (χ1v) is 9.93. The lowest BCUT2D eigenvalue weighted by Gasteiger charge is -2.25. The van der Waals surface area contributed by atoms with Crippen LogP contribution in [0.3, 0.4) is 0 Å². The van der Waals surface area contributed by atoms with E-state index in [1.807, 2.05) is 39.0 Å². The van der Waals surface area contributed by atoms with E-state index >= 15 is 0 Å². The van der Waals surface area contributed by atoms with Gasteiger partial charge in [-0.25, -0.2) is 0 Å².